The highest BCUT2D eigenvalue weighted by molar-refractivity contribution is 5.70. The van der Waals surface area contributed by atoms with Gasteiger partial charge in [-0.15, -0.1) is 0 Å². The normalized spacial score (nSPS) is 12.3. The summed E-state index contributed by atoms with van der Waals surface area (Å²) < 4.78 is 10.3. The zero-order chi connectivity index (χ0) is 12.1. The van der Waals surface area contributed by atoms with Gasteiger partial charge in [-0.05, 0) is 17.7 Å². The van der Waals surface area contributed by atoms with E-state index in [2.05, 4.69) is 0 Å². The molecule has 1 N–H and O–H groups in total. The standard InChI is InChI=1S/C13H12O4/c14-8-11-6-7-12(17-11)13(15)16-9-10-4-2-1-3-5-10/h1-8,13,15H,9H2. The number of hydrogen-bond donors (Lipinski definition) is 1. The molecule has 0 saturated carbocycles. The number of hydrogen-bond acceptors (Lipinski definition) is 4. The second-order valence-electron chi connectivity index (χ2n) is 3.51. The van der Waals surface area contributed by atoms with Crippen molar-refractivity contribution in [1.29, 1.82) is 0 Å². The summed E-state index contributed by atoms with van der Waals surface area (Å²) >= 11 is 0. The highest BCUT2D eigenvalue weighted by Gasteiger charge is 2.12. The van der Waals surface area contributed by atoms with Crippen molar-refractivity contribution >= 4 is 6.29 Å². The van der Waals surface area contributed by atoms with Crippen LogP contribution < -0.4 is 0 Å². The minimum absolute atomic E-state index is 0.169. The third kappa shape index (κ3) is 3.03. The molecule has 1 atom stereocenters. The largest absolute Gasteiger partial charge is 0.453 e. The van der Waals surface area contributed by atoms with Gasteiger partial charge in [0.1, 0.15) is 0 Å². The smallest absolute Gasteiger partial charge is 0.215 e. The Morgan fingerprint density at radius 3 is 2.65 bits per heavy atom. The van der Waals surface area contributed by atoms with Gasteiger partial charge in [0.05, 0.1) is 6.61 Å². The van der Waals surface area contributed by atoms with Crippen LogP contribution in [0, 0.1) is 0 Å². The molecule has 0 radical (unpaired) electrons. The van der Waals surface area contributed by atoms with E-state index in [1.165, 1.54) is 12.1 Å². The van der Waals surface area contributed by atoms with Crippen LogP contribution in [0.2, 0.25) is 0 Å². The molecule has 88 valence electrons. The Morgan fingerprint density at radius 2 is 2.00 bits per heavy atom. The lowest BCUT2D eigenvalue weighted by molar-refractivity contribution is -0.123. The molecule has 0 spiro atoms. The van der Waals surface area contributed by atoms with E-state index >= 15 is 0 Å². The molecule has 0 aliphatic carbocycles. The summed E-state index contributed by atoms with van der Waals surface area (Å²) in [5.41, 5.74) is 0.953. The van der Waals surface area contributed by atoms with Crippen molar-refractivity contribution in [3.63, 3.8) is 0 Å². The molecular weight excluding hydrogens is 220 g/mol. The van der Waals surface area contributed by atoms with Gasteiger partial charge in [0.2, 0.25) is 6.29 Å². The fourth-order valence-corrected chi connectivity index (χ4v) is 1.40. The highest BCUT2D eigenvalue weighted by atomic mass is 16.6. The molecule has 0 aliphatic heterocycles. The molecule has 1 aromatic heterocycles. The minimum Gasteiger partial charge on any atom is -0.453 e. The maximum absolute atomic E-state index is 10.4. The van der Waals surface area contributed by atoms with Crippen LogP contribution in [-0.2, 0) is 11.3 Å². The van der Waals surface area contributed by atoms with E-state index in [9.17, 15) is 9.90 Å². The first-order valence-corrected chi connectivity index (χ1v) is 5.18. The SMILES string of the molecule is O=Cc1ccc(C(O)OCc2ccccc2)o1. The number of rotatable bonds is 5. The number of ether oxygens (including phenoxy) is 1. The van der Waals surface area contributed by atoms with E-state index in [0.29, 0.717) is 6.29 Å². The van der Waals surface area contributed by atoms with Crippen molar-refractivity contribution < 1.29 is 19.1 Å². The van der Waals surface area contributed by atoms with Crippen LogP contribution in [0.5, 0.6) is 0 Å². The number of aliphatic hydroxyl groups is 1. The van der Waals surface area contributed by atoms with E-state index in [1.54, 1.807) is 0 Å². The molecule has 0 aliphatic rings. The molecule has 1 heterocycles. The van der Waals surface area contributed by atoms with Gasteiger partial charge in [-0.1, -0.05) is 30.3 Å². The van der Waals surface area contributed by atoms with Gasteiger partial charge in [0.25, 0.3) is 0 Å². The van der Waals surface area contributed by atoms with Gasteiger partial charge in [0, 0.05) is 0 Å². The fourth-order valence-electron chi connectivity index (χ4n) is 1.40. The van der Waals surface area contributed by atoms with Crippen molar-refractivity contribution in [2.75, 3.05) is 0 Å². The Kier molecular flexibility index (Phi) is 3.69. The lowest BCUT2D eigenvalue weighted by Crippen LogP contribution is -2.02. The maximum atomic E-state index is 10.4. The van der Waals surface area contributed by atoms with Crippen molar-refractivity contribution in [3.8, 4) is 0 Å². The second kappa shape index (κ2) is 5.43. The molecule has 4 nitrogen and oxygen atoms in total. The van der Waals surface area contributed by atoms with Crippen LogP contribution in [0.25, 0.3) is 0 Å². The number of benzene rings is 1. The fraction of sp³-hybridized carbons (Fsp3) is 0.154. The molecule has 2 rings (SSSR count). The molecule has 2 aromatic rings. The van der Waals surface area contributed by atoms with Crippen molar-refractivity contribution in [1.82, 2.24) is 0 Å². The molecule has 1 unspecified atom stereocenters. The molecule has 0 bridgehead atoms. The number of carbonyl (C=O) groups excluding carboxylic acids is 1. The Labute approximate surface area is 98.4 Å². The number of furan rings is 1. The van der Waals surface area contributed by atoms with Gasteiger partial charge in [-0.25, -0.2) is 0 Å². The van der Waals surface area contributed by atoms with E-state index in [0.717, 1.165) is 5.56 Å². The lowest BCUT2D eigenvalue weighted by atomic mass is 10.2. The Balaban J connectivity index is 1.93. The highest BCUT2D eigenvalue weighted by Crippen LogP contribution is 2.18. The van der Waals surface area contributed by atoms with Crippen molar-refractivity contribution in [3.05, 3.63) is 59.5 Å². The van der Waals surface area contributed by atoms with E-state index in [1.807, 2.05) is 30.3 Å². The quantitative estimate of drug-likeness (QED) is 0.634. The average molecular weight is 232 g/mol. The molecule has 1 aromatic carbocycles. The molecule has 0 fully saturated rings. The monoisotopic (exact) mass is 232 g/mol. The number of aliphatic hydroxyl groups excluding tert-OH is 1. The third-order valence-corrected chi connectivity index (χ3v) is 2.26. The summed E-state index contributed by atoms with van der Waals surface area (Å²) in [6, 6.07) is 12.5. The van der Waals surface area contributed by atoms with E-state index < -0.39 is 6.29 Å². The Morgan fingerprint density at radius 1 is 1.24 bits per heavy atom. The van der Waals surface area contributed by atoms with Crippen LogP contribution in [-0.4, -0.2) is 11.4 Å². The summed E-state index contributed by atoms with van der Waals surface area (Å²) in [4.78, 5) is 10.4. The van der Waals surface area contributed by atoms with Gasteiger partial charge in [-0.3, -0.25) is 4.79 Å². The van der Waals surface area contributed by atoms with Crippen LogP contribution in [0.3, 0.4) is 0 Å². The summed E-state index contributed by atoms with van der Waals surface area (Å²) in [5, 5.41) is 9.66. The second-order valence-corrected chi connectivity index (χ2v) is 3.51. The minimum atomic E-state index is -1.16. The Hall–Kier alpha value is -1.91. The van der Waals surface area contributed by atoms with Crippen molar-refractivity contribution in [2.24, 2.45) is 0 Å². The van der Waals surface area contributed by atoms with Crippen LogP contribution in [0.1, 0.15) is 28.2 Å². The summed E-state index contributed by atoms with van der Waals surface area (Å²) in [6.07, 6.45) is -0.586. The van der Waals surface area contributed by atoms with E-state index in [-0.39, 0.29) is 18.1 Å². The van der Waals surface area contributed by atoms with Crippen LogP contribution >= 0.6 is 0 Å². The molecule has 4 heteroatoms. The zero-order valence-electron chi connectivity index (χ0n) is 9.08. The number of carbonyl (C=O) groups is 1. The average Bonchev–Trinajstić information content (AvgIpc) is 2.86. The molecule has 0 saturated heterocycles. The summed E-state index contributed by atoms with van der Waals surface area (Å²) in [7, 11) is 0. The van der Waals surface area contributed by atoms with Gasteiger partial charge in [-0.2, -0.15) is 0 Å². The molecule has 17 heavy (non-hydrogen) atoms. The number of aldehydes is 1. The predicted molar refractivity (Wildman–Crippen MR) is 60.3 cm³/mol. The maximum Gasteiger partial charge on any atom is 0.215 e. The van der Waals surface area contributed by atoms with Crippen LogP contribution in [0.15, 0.2) is 46.9 Å². The first kappa shape index (κ1) is 11.6. The topological polar surface area (TPSA) is 59.7 Å². The molecular formula is C13H12O4. The van der Waals surface area contributed by atoms with Gasteiger partial charge < -0.3 is 14.3 Å². The first-order chi connectivity index (χ1) is 8.29. The lowest BCUT2D eigenvalue weighted by Gasteiger charge is -2.09. The van der Waals surface area contributed by atoms with Gasteiger partial charge >= 0.3 is 0 Å². The van der Waals surface area contributed by atoms with E-state index in [4.69, 9.17) is 9.15 Å². The third-order valence-electron chi connectivity index (χ3n) is 2.26. The first-order valence-electron chi connectivity index (χ1n) is 5.18. The predicted octanol–water partition coefficient (Wildman–Crippen LogP) is 2.30. The van der Waals surface area contributed by atoms with Crippen LogP contribution in [0.4, 0.5) is 0 Å². The Bertz CT molecular complexity index is 475. The molecule has 0 amide bonds. The summed E-state index contributed by atoms with van der Waals surface area (Å²) in [6.45, 7) is 0.277. The zero-order valence-corrected chi connectivity index (χ0v) is 9.08. The summed E-state index contributed by atoms with van der Waals surface area (Å²) in [5.74, 6) is 0.394. The van der Waals surface area contributed by atoms with Crippen molar-refractivity contribution in [2.45, 2.75) is 12.9 Å². The van der Waals surface area contributed by atoms with Gasteiger partial charge in [0.15, 0.2) is 17.8 Å².